The molecule has 0 aliphatic carbocycles. The number of benzene rings is 1. The highest BCUT2D eigenvalue weighted by Gasteiger charge is 2.34. The van der Waals surface area contributed by atoms with Crippen LogP contribution in [0.4, 0.5) is 0 Å². The molecule has 0 aromatic heterocycles. The Morgan fingerprint density at radius 2 is 1.76 bits per heavy atom. The van der Waals surface area contributed by atoms with Crippen LogP contribution in [0.2, 0.25) is 0 Å². The highest BCUT2D eigenvalue weighted by molar-refractivity contribution is 5.85. The summed E-state index contributed by atoms with van der Waals surface area (Å²) in [5.41, 5.74) is 1.40. The summed E-state index contributed by atoms with van der Waals surface area (Å²) in [6, 6.07) is 11.8. The second-order valence-electron chi connectivity index (χ2n) is 4.66. The molecule has 2 atom stereocenters. The van der Waals surface area contributed by atoms with Crippen LogP contribution in [0.25, 0.3) is 0 Å². The Kier molecular flexibility index (Phi) is 4.40. The average Bonchev–Trinajstić information content (AvgIpc) is 2.30. The van der Waals surface area contributed by atoms with Gasteiger partial charge in [-0.15, -0.1) is 12.4 Å². The number of halogens is 1. The van der Waals surface area contributed by atoms with Crippen molar-refractivity contribution in [3.8, 4) is 0 Å². The Labute approximate surface area is 109 Å². The van der Waals surface area contributed by atoms with Crippen LogP contribution >= 0.6 is 12.4 Å². The van der Waals surface area contributed by atoms with Crippen LogP contribution in [-0.4, -0.2) is 43.3 Å². The summed E-state index contributed by atoms with van der Waals surface area (Å²) in [6.07, 6.45) is 0. The minimum Gasteiger partial charge on any atom is -0.378 e. The molecule has 0 saturated carbocycles. The first-order valence-electron chi connectivity index (χ1n) is 6.01. The molecule has 0 radical (unpaired) electrons. The second kappa shape index (κ2) is 5.83. The van der Waals surface area contributed by atoms with Crippen molar-refractivity contribution in [1.82, 2.24) is 10.2 Å². The lowest BCUT2D eigenvalue weighted by Crippen LogP contribution is -2.63. The summed E-state index contributed by atoms with van der Waals surface area (Å²) in [4.78, 5) is 2.59. The zero-order chi connectivity index (χ0) is 10.8. The standard InChI is InChI=1S/C13H18N2O.ClH/c1-2-4-11(5-3-1)8-15-12-6-14-7-13(15)10-16-9-12;/h1-5,12-14H,6-10H2;1H. The molecule has 0 spiro atoms. The largest absolute Gasteiger partial charge is 0.378 e. The number of nitrogens with zero attached hydrogens (tertiary/aromatic N) is 1. The number of rotatable bonds is 2. The van der Waals surface area contributed by atoms with Crippen molar-refractivity contribution >= 4 is 12.4 Å². The normalized spacial score (nSPS) is 28.5. The lowest BCUT2D eigenvalue weighted by molar-refractivity contribution is -0.0689. The van der Waals surface area contributed by atoms with Crippen molar-refractivity contribution in [3.05, 3.63) is 35.9 Å². The molecular weight excluding hydrogens is 236 g/mol. The highest BCUT2D eigenvalue weighted by atomic mass is 35.5. The lowest BCUT2D eigenvalue weighted by atomic mass is 10.0. The van der Waals surface area contributed by atoms with Crippen molar-refractivity contribution in [2.75, 3.05) is 26.3 Å². The molecule has 2 fully saturated rings. The number of hydrogen-bond acceptors (Lipinski definition) is 3. The van der Waals surface area contributed by atoms with Gasteiger partial charge in [0.15, 0.2) is 0 Å². The number of ether oxygens (including phenoxy) is 1. The van der Waals surface area contributed by atoms with Crippen molar-refractivity contribution < 1.29 is 4.74 Å². The van der Waals surface area contributed by atoms with Gasteiger partial charge in [-0.1, -0.05) is 30.3 Å². The summed E-state index contributed by atoms with van der Waals surface area (Å²) in [5.74, 6) is 0. The molecule has 1 aromatic rings. The van der Waals surface area contributed by atoms with Crippen molar-refractivity contribution in [2.45, 2.75) is 18.6 Å². The zero-order valence-corrected chi connectivity index (χ0v) is 10.7. The number of fused-ring (bicyclic) bond motifs is 2. The molecule has 2 aliphatic rings. The SMILES string of the molecule is Cl.c1ccc(CN2C3CNCC2COC3)cc1. The van der Waals surface area contributed by atoms with Gasteiger partial charge in [-0.3, -0.25) is 4.90 Å². The quantitative estimate of drug-likeness (QED) is 0.861. The van der Waals surface area contributed by atoms with Crippen molar-refractivity contribution in [2.24, 2.45) is 0 Å². The van der Waals surface area contributed by atoms with E-state index in [2.05, 4.69) is 40.5 Å². The van der Waals surface area contributed by atoms with Gasteiger partial charge in [0.05, 0.1) is 13.2 Å². The fourth-order valence-corrected chi connectivity index (χ4v) is 2.65. The van der Waals surface area contributed by atoms with Crippen molar-refractivity contribution in [1.29, 1.82) is 0 Å². The van der Waals surface area contributed by atoms with E-state index in [9.17, 15) is 0 Å². The molecule has 2 unspecified atom stereocenters. The second-order valence-corrected chi connectivity index (χ2v) is 4.66. The van der Waals surface area contributed by atoms with Crippen LogP contribution in [-0.2, 0) is 11.3 Å². The topological polar surface area (TPSA) is 24.5 Å². The molecule has 1 aromatic carbocycles. The van der Waals surface area contributed by atoms with Gasteiger partial charge >= 0.3 is 0 Å². The van der Waals surface area contributed by atoms with Gasteiger partial charge in [-0.05, 0) is 5.56 Å². The van der Waals surface area contributed by atoms with Crippen LogP contribution in [0.5, 0.6) is 0 Å². The molecule has 2 bridgehead atoms. The van der Waals surface area contributed by atoms with E-state index in [-0.39, 0.29) is 12.4 Å². The van der Waals surface area contributed by atoms with E-state index in [1.807, 2.05) is 0 Å². The van der Waals surface area contributed by atoms with Crippen LogP contribution in [0.15, 0.2) is 30.3 Å². The number of nitrogens with one attached hydrogen (secondary N) is 1. The number of piperazine rings is 1. The minimum atomic E-state index is 0. The maximum Gasteiger partial charge on any atom is 0.0635 e. The van der Waals surface area contributed by atoms with E-state index in [4.69, 9.17) is 4.74 Å². The number of morpholine rings is 1. The molecule has 3 rings (SSSR count). The molecule has 94 valence electrons. The third-order valence-electron chi connectivity index (χ3n) is 3.53. The Balaban J connectivity index is 0.00000108. The van der Waals surface area contributed by atoms with Gasteiger partial charge < -0.3 is 10.1 Å². The molecule has 3 nitrogen and oxygen atoms in total. The fourth-order valence-electron chi connectivity index (χ4n) is 2.65. The molecule has 17 heavy (non-hydrogen) atoms. The summed E-state index contributed by atoms with van der Waals surface area (Å²) in [6.45, 7) is 4.92. The fraction of sp³-hybridized carbons (Fsp3) is 0.538. The van der Waals surface area contributed by atoms with E-state index < -0.39 is 0 Å². The van der Waals surface area contributed by atoms with Gasteiger partial charge in [-0.2, -0.15) is 0 Å². The van der Waals surface area contributed by atoms with E-state index in [0.717, 1.165) is 32.8 Å². The predicted octanol–water partition coefficient (Wildman–Crippen LogP) is 1.28. The van der Waals surface area contributed by atoms with E-state index in [1.54, 1.807) is 0 Å². The molecule has 2 aliphatic heterocycles. The molecular formula is C13H19ClN2O. The van der Waals surface area contributed by atoms with Crippen LogP contribution in [0.3, 0.4) is 0 Å². The van der Waals surface area contributed by atoms with Crippen molar-refractivity contribution in [3.63, 3.8) is 0 Å². The van der Waals surface area contributed by atoms with E-state index in [1.165, 1.54) is 5.56 Å². The first-order valence-corrected chi connectivity index (χ1v) is 6.01. The van der Waals surface area contributed by atoms with Crippen LogP contribution in [0, 0.1) is 0 Å². The molecule has 1 N–H and O–H groups in total. The first kappa shape index (κ1) is 12.8. The first-order chi connectivity index (χ1) is 7.93. The van der Waals surface area contributed by atoms with Crippen LogP contribution < -0.4 is 5.32 Å². The lowest BCUT2D eigenvalue weighted by Gasteiger charge is -2.46. The highest BCUT2D eigenvalue weighted by Crippen LogP contribution is 2.19. The molecule has 2 saturated heterocycles. The maximum atomic E-state index is 5.62. The molecule has 2 heterocycles. The minimum absolute atomic E-state index is 0. The molecule has 4 heteroatoms. The van der Waals surface area contributed by atoms with E-state index >= 15 is 0 Å². The van der Waals surface area contributed by atoms with Gasteiger partial charge in [-0.25, -0.2) is 0 Å². The third kappa shape index (κ3) is 2.80. The summed E-state index contributed by atoms with van der Waals surface area (Å²) in [5, 5.41) is 3.48. The van der Waals surface area contributed by atoms with Gasteiger partial charge in [0, 0.05) is 31.7 Å². The average molecular weight is 255 g/mol. The van der Waals surface area contributed by atoms with E-state index in [0.29, 0.717) is 12.1 Å². The summed E-state index contributed by atoms with van der Waals surface area (Å²) < 4.78 is 5.62. The Hall–Kier alpha value is -0.610. The van der Waals surface area contributed by atoms with Gasteiger partial charge in [0.1, 0.15) is 0 Å². The van der Waals surface area contributed by atoms with Crippen LogP contribution in [0.1, 0.15) is 5.56 Å². The Morgan fingerprint density at radius 3 is 2.41 bits per heavy atom. The Bertz CT molecular complexity index is 325. The summed E-state index contributed by atoms with van der Waals surface area (Å²) in [7, 11) is 0. The van der Waals surface area contributed by atoms with Gasteiger partial charge in [0.2, 0.25) is 0 Å². The predicted molar refractivity (Wildman–Crippen MR) is 70.5 cm³/mol. The Morgan fingerprint density at radius 1 is 1.12 bits per heavy atom. The van der Waals surface area contributed by atoms with Gasteiger partial charge in [0.25, 0.3) is 0 Å². The number of hydrogen-bond donors (Lipinski definition) is 1. The maximum absolute atomic E-state index is 5.62. The summed E-state index contributed by atoms with van der Waals surface area (Å²) >= 11 is 0. The third-order valence-corrected chi connectivity index (χ3v) is 3.53. The monoisotopic (exact) mass is 254 g/mol. The zero-order valence-electron chi connectivity index (χ0n) is 9.84. The smallest absolute Gasteiger partial charge is 0.0635 e. The molecule has 0 amide bonds.